The highest BCUT2D eigenvalue weighted by atomic mass is 16.2. The second-order valence-electron chi connectivity index (χ2n) is 5.74. The van der Waals surface area contributed by atoms with Crippen molar-refractivity contribution in [1.82, 2.24) is 10.2 Å². The lowest BCUT2D eigenvalue weighted by atomic mass is 9.97. The smallest absolute Gasteiger partial charge is 0.254 e. The van der Waals surface area contributed by atoms with Crippen LogP contribution in [0.5, 0.6) is 0 Å². The van der Waals surface area contributed by atoms with Crippen LogP contribution in [0.3, 0.4) is 0 Å². The highest BCUT2D eigenvalue weighted by molar-refractivity contribution is 5.98. The number of hydrogen-bond acceptors (Lipinski definition) is 3. The Labute approximate surface area is 140 Å². The van der Waals surface area contributed by atoms with E-state index < -0.39 is 6.04 Å². The molecule has 1 fully saturated rings. The summed E-state index contributed by atoms with van der Waals surface area (Å²) in [7, 11) is 0. The average molecular weight is 319 g/mol. The summed E-state index contributed by atoms with van der Waals surface area (Å²) in [5.74, 6) is -0.421. The molecule has 0 aromatic heterocycles. The summed E-state index contributed by atoms with van der Waals surface area (Å²) < 4.78 is 0. The van der Waals surface area contributed by atoms with Crippen LogP contribution in [-0.2, 0) is 4.79 Å². The van der Waals surface area contributed by atoms with Crippen molar-refractivity contribution in [2.24, 2.45) is 0 Å². The molecule has 0 spiro atoms. The molecular formula is C19H17N3O2. The van der Waals surface area contributed by atoms with E-state index in [1.165, 1.54) is 0 Å². The summed E-state index contributed by atoms with van der Waals surface area (Å²) in [5.41, 5.74) is 2.62. The van der Waals surface area contributed by atoms with Crippen LogP contribution in [-0.4, -0.2) is 29.8 Å². The fourth-order valence-corrected chi connectivity index (χ4v) is 2.98. The molecule has 120 valence electrons. The monoisotopic (exact) mass is 319 g/mol. The summed E-state index contributed by atoms with van der Waals surface area (Å²) >= 11 is 0. The Morgan fingerprint density at radius 2 is 2.04 bits per heavy atom. The summed E-state index contributed by atoms with van der Waals surface area (Å²) in [6.07, 6.45) is 0. The molecular weight excluding hydrogens is 302 g/mol. The van der Waals surface area contributed by atoms with Gasteiger partial charge in [0.05, 0.1) is 11.6 Å². The van der Waals surface area contributed by atoms with Gasteiger partial charge in [-0.2, -0.15) is 5.26 Å². The van der Waals surface area contributed by atoms with E-state index in [9.17, 15) is 9.59 Å². The fourth-order valence-electron chi connectivity index (χ4n) is 2.98. The van der Waals surface area contributed by atoms with E-state index in [1.54, 1.807) is 29.2 Å². The van der Waals surface area contributed by atoms with Crippen molar-refractivity contribution in [2.75, 3.05) is 13.1 Å². The van der Waals surface area contributed by atoms with Gasteiger partial charge in [0.2, 0.25) is 5.91 Å². The lowest BCUT2D eigenvalue weighted by Crippen LogP contribution is -2.52. The number of piperazine rings is 1. The maximum absolute atomic E-state index is 12.9. The third-order valence-corrected chi connectivity index (χ3v) is 4.19. The zero-order valence-electron chi connectivity index (χ0n) is 13.3. The van der Waals surface area contributed by atoms with E-state index in [2.05, 4.69) is 5.32 Å². The molecule has 2 amide bonds. The van der Waals surface area contributed by atoms with Crippen molar-refractivity contribution < 1.29 is 9.59 Å². The normalized spacial score (nSPS) is 17.1. The average Bonchev–Trinajstić information content (AvgIpc) is 2.62. The Balaban J connectivity index is 2.00. The molecule has 1 N–H and O–H groups in total. The highest BCUT2D eigenvalue weighted by Crippen LogP contribution is 2.27. The molecule has 2 aromatic rings. The Kier molecular flexibility index (Phi) is 4.30. The molecule has 1 unspecified atom stereocenters. The van der Waals surface area contributed by atoms with Gasteiger partial charge in [0.25, 0.3) is 5.91 Å². The van der Waals surface area contributed by atoms with E-state index >= 15 is 0 Å². The molecule has 1 saturated heterocycles. The van der Waals surface area contributed by atoms with Gasteiger partial charge in [-0.25, -0.2) is 0 Å². The minimum absolute atomic E-state index is 0.180. The number of benzene rings is 2. The molecule has 1 aliphatic heterocycles. The number of nitrogens with zero attached hydrogens (tertiary/aromatic N) is 2. The molecule has 3 rings (SSSR count). The minimum Gasteiger partial charge on any atom is -0.352 e. The van der Waals surface area contributed by atoms with Crippen LogP contribution in [0, 0.1) is 18.3 Å². The van der Waals surface area contributed by atoms with Gasteiger partial charge in [0.1, 0.15) is 6.04 Å². The van der Waals surface area contributed by atoms with Gasteiger partial charge in [0.15, 0.2) is 0 Å². The zero-order chi connectivity index (χ0) is 17.1. The Morgan fingerprint density at radius 1 is 1.25 bits per heavy atom. The summed E-state index contributed by atoms with van der Waals surface area (Å²) in [6.45, 7) is 2.78. The van der Waals surface area contributed by atoms with Crippen LogP contribution >= 0.6 is 0 Å². The predicted molar refractivity (Wildman–Crippen MR) is 89.1 cm³/mol. The first kappa shape index (κ1) is 15.8. The predicted octanol–water partition coefficient (Wildman–Crippen LogP) is 2.18. The van der Waals surface area contributed by atoms with E-state index in [-0.39, 0.29) is 11.8 Å². The van der Waals surface area contributed by atoms with Crippen LogP contribution in [0.1, 0.15) is 33.1 Å². The standard InChI is InChI=1S/C19H17N3O2/c1-13-5-2-3-8-16(13)17-18(23)21-9-10-22(17)19(24)15-7-4-6-14(11-15)12-20/h2-8,11,17H,9-10H2,1H3,(H,21,23). The molecule has 1 atom stereocenters. The second-order valence-corrected chi connectivity index (χ2v) is 5.74. The lowest BCUT2D eigenvalue weighted by Gasteiger charge is -2.36. The number of aryl methyl sites for hydroxylation is 1. The number of amides is 2. The van der Waals surface area contributed by atoms with Crippen molar-refractivity contribution in [3.63, 3.8) is 0 Å². The van der Waals surface area contributed by atoms with Gasteiger partial charge >= 0.3 is 0 Å². The lowest BCUT2D eigenvalue weighted by molar-refractivity contribution is -0.128. The van der Waals surface area contributed by atoms with Crippen molar-refractivity contribution in [3.8, 4) is 6.07 Å². The molecule has 1 heterocycles. The van der Waals surface area contributed by atoms with Gasteiger partial charge in [0, 0.05) is 18.7 Å². The van der Waals surface area contributed by atoms with Crippen molar-refractivity contribution in [1.29, 1.82) is 5.26 Å². The van der Waals surface area contributed by atoms with Crippen LogP contribution in [0.15, 0.2) is 48.5 Å². The van der Waals surface area contributed by atoms with Gasteiger partial charge in [-0.3, -0.25) is 9.59 Å². The van der Waals surface area contributed by atoms with Crippen LogP contribution in [0.25, 0.3) is 0 Å². The Hall–Kier alpha value is -3.13. The number of nitrogens with one attached hydrogen (secondary N) is 1. The van der Waals surface area contributed by atoms with Crippen molar-refractivity contribution in [2.45, 2.75) is 13.0 Å². The maximum atomic E-state index is 12.9. The second kappa shape index (κ2) is 6.55. The molecule has 2 aromatic carbocycles. The number of carbonyl (C=O) groups excluding carboxylic acids is 2. The molecule has 0 saturated carbocycles. The maximum Gasteiger partial charge on any atom is 0.254 e. The zero-order valence-corrected chi connectivity index (χ0v) is 13.3. The Bertz CT molecular complexity index is 839. The highest BCUT2D eigenvalue weighted by Gasteiger charge is 2.35. The number of hydrogen-bond donors (Lipinski definition) is 1. The van der Waals surface area contributed by atoms with Crippen molar-refractivity contribution in [3.05, 3.63) is 70.8 Å². The third-order valence-electron chi connectivity index (χ3n) is 4.19. The molecule has 1 aliphatic rings. The minimum atomic E-state index is -0.654. The first-order valence-electron chi connectivity index (χ1n) is 7.76. The number of nitriles is 1. The van der Waals surface area contributed by atoms with Gasteiger partial charge < -0.3 is 10.2 Å². The largest absolute Gasteiger partial charge is 0.352 e. The van der Waals surface area contributed by atoms with E-state index in [0.717, 1.165) is 11.1 Å². The van der Waals surface area contributed by atoms with Gasteiger partial charge in [-0.05, 0) is 36.2 Å². The van der Waals surface area contributed by atoms with Crippen LogP contribution in [0.2, 0.25) is 0 Å². The molecule has 5 nitrogen and oxygen atoms in total. The first-order chi connectivity index (χ1) is 11.6. The van der Waals surface area contributed by atoms with Gasteiger partial charge in [-0.1, -0.05) is 30.3 Å². The van der Waals surface area contributed by atoms with Gasteiger partial charge in [-0.15, -0.1) is 0 Å². The molecule has 0 aliphatic carbocycles. The van der Waals surface area contributed by atoms with Crippen molar-refractivity contribution >= 4 is 11.8 Å². The van der Waals surface area contributed by atoms with Crippen LogP contribution in [0.4, 0.5) is 0 Å². The molecule has 0 bridgehead atoms. The molecule has 5 heteroatoms. The van der Waals surface area contributed by atoms with E-state index in [0.29, 0.717) is 24.2 Å². The summed E-state index contributed by atoms with van der Waals surface area (Å²) in [6, 6.07) is 15.5. The third kappa shape index (κ3) is 2.86. The Morgan fingerprint density at radius 3 is 2.79 bits per heavy atom. The first-order valence-corrected chi connectivity index (χ1v) is 7.76. The number of carbonyl (C=O) groups is 2. The summed E-state index contributed by atoms with van der Waals surface area (Å²) in [5, 5.41) is 11.9. The molecule has 24 heavy (non-hydrogen) atoms. The quantitative estimate of drug-likeness (QED) is 0.922. The van der Waals surface area contributed by atoms with E-state index in [4.69, 9.17) is 5.26 Å². The topological polar surface area (TPSA) is 73.2 Å². The van der Waals surface area contributed by atoms with Crippen LogP contribution < -0.4 is 5.32 Å². The van der Waals surface area contributed by atoms with E-state index in [1.807, 2.05) is 37.3 Å². The summed E-state index contributed by atoms with van der Waals surface area (Å²) in [4.78, 5) is 27.0. The molecule has 0 radical (unpaired) electrons. The number of rotatable bonds is 2. The SMILES string of the molecule is Cc1ccccc1C1C(=O)NCCN1C(=O)c1cccc(C#N)c1. The fraction of sp³-hybridized carbons (Fsp3) is 0.211.